The molecule has 1 N–H and O–H groups in total. The van der Waals surface area contributed by atoms with Crippen molar-refractivity contribution in [2.45, 2.75) is 26.2 Å². The molecule has 0 aromatic carbocycles. The van der Waals surface area contributed by atoms with Crippen LogP contribution in [0.1, 0.15) is 25.5 Å². The van der Waals surface area contributed by atoms with Crippen molar-refractivity contribution < 1.29 is 4.79 Å². The fourth-order valence-electron chi connectivity index (χ4n) is 0.866. The predicted octanol–water partition coefficient (Wildman–Crippen LogP) is 0.716. The van der Waals surface area contributed by atoms with E-state index in [2.05, 4.69) is 15.4 Å². The Bertz CT molecular complexity index is 218. The molecule has 0 radical (unpaired) electrons. The Labute approximate surface area is 65.0 Å². The van der Waals surface area contributed by atoms with E-state index in [1.165, 1.54) is 0 Å². The summed E-state index contributed by atoms with van der Waals surface area (Å²) in [4.78, 5) is 10.5. The fraction of sp³-hybridized carbons (Fsp3) is 0.571. The van der Waals surface area contributed by atoms with E-state index >= 15 is 0 Å². The van der Waals surface area contributed by atoms with E-state index in [1.54, 1.807) is 13.1 Å². The third-order valence-electron chi connectivity index (χ3n) is 1.43. The molecular formula is C7H11N3O. The molecule has 0 aliphatic rings. The van der Waals surface area contributed by atoms with E-state index in [4.69, 9.17) is 0 Å². The Hall–Kier alpha value is -1.19. The van der Waals surface area contributed by atoms with Gasteiger partial charge < -0.3 is 4.79 Å². The summed E-state index contributed by atoms with van der Waals surface area (Å²) in [6, 6.07) is 0. The van der Waals surface area contributed by atoms with Crippen LogP contribution in [0.3, 0.4) is 0 Å². The van der Waals surface area contributed by atoms with Crippen molar-refractivity contribution in [3.63, 3.8) is 0 Å². The zero-order chi connectivity index (χ0) is 8.10. The van der Waals surface area contributed by atoms with Gasteiger partial charge in [0.2, 0.25) is 0 Å². The summed E-state index contributed by atoms with van der Waals surface area (Å²) in [6.45, 7) is 1.60. The first-order chi connectivity index (χ1) is 5.29. The molecular weight excluding hydrogens is 142 g/mol. The van der Waals surface area contributed by atoms with Crippen molar-refractivity contribution in [1.29, 1.82) is 0 Å². The number of aromatic amines is 1. The maximum Gasteiger partial charge on any atom is 0.129 e. The molecule has 11 heavy (non-hydrogen) atoms. The number of hydrogen-bond acceptors (Lipinski definition) is 3. The highest BCUT2D eigenvalue weighted by molar-refractivity contribution is 5.75. The van der Waals surface area contributed by atoms with Crippen LogP contribution in [0.5, 0.6) is 0 Å². The van der Waals surface area contributed by atoms with E-state index in [-0.39, 0.29) is 5.78 Å². The second-order valence-electron chi connectivity index (χ2n) is 2.52. The van der Waals surface area contributed by atoms with E-state index in [0.29, 0.717) is 6.42 Å². The molecule has 0 saturated heterocycles. The molecule has 0 fully saturated rings. The Kier molecular flexibility index (Phi) is 2.77. The first kappa shape index (κ1) is 7.91. The number of rotatable bonds is 4. The number of aryl methyl sites for hydroxylation is 1. The number of ketones is 1. The van der Waals surface area contributed by atoms with Gasteiger partial charge in [-0.15, -0.1) is 5.10 Å². The highest BCUT2D eigenvalue weighted by atomic mass is 16.1. The Morgan fingerprint density at radius 2 is 2.55 bits per heavy atom. The Balaban J connectivity index is 2.19. The molecule has 0 aliphatic carbocycles. The minimum atomic E-state index is 0.230. The van der Waals surface area contributed by atoms with Gasteiger partial charge in [-0.25, -0.2) is 0 Å². The molecule has 0 unspecified atom stereocenters. The van der Waals surface area contributed by atoms with Gasteiger partial charge in [0.25, 0.3) is 0 Å². The lowest BCUT2D eigenvalue weighted by Crippen LogP contribution is -1.92. The van der Waals surface area contributed by atoms with Gasteiger partial charge >= 0.3 is 0 Å². The minimum Gasteiger partial charge on any atom is -0.300 e. The van der Waals surface area contributed by atoms with Crippen molar-refractivity contribution in [2.75, 3.05) is 0 Å². The van der Waals surface area contributed by atoms with Gasteiger partial charge in [0.1, 0.15) is 5.78 Å². The summed E-state index contributed by atoms with van der Waals surface area (Å²) < 4.78 is 0. The van der Waals surface area contributed by atoms with Crippen LogP contribution in [-0.2, 0) is 11.2 Å². The van der Waals surface area contributed by atoms with Gasteiger partial charge in [-0.2, -0.15) is 0 Å². The minimum absolute atomic E-state index is 0.230. The van der Waals surface area contributed by atoms with Crippen molar-refractivity contribution in [3.05, 3.63) is 11.9 Å². The number of hydrogen-bond donors (Lipinski definition) is 1. The van der Waals surface area contributed by atoms with Gasteiger partial charge in [0.15, 0.2) is 0 Å². The number of nitrogens with zero attached hydrogens (tertiary/aromatic N) is 2. The summed E-state index contributed by atoms with van der Waals surface area (Å²) in [6.07, 6.45) is 4.07. The van der Waals surface area contributed by atoms with Crippen LogP contribution in [0.25, 0.3) is 0 Å². The molecule has 0 saturated carbocycles. The molecule has 1 aromatic heterocycles. The van der Waals surface area contributed by atoms with Gasteiger partial charge in [-0.05, 0) is 19.8 Å². The SMILES string of the molecule is CC(=O)CCCc1c[nH]nn1. The van der Waals surface area contributed by atoms with Crippen LogP contribution in [0.15, 0.2) is 6.20 Å². The number of carbonyl (C=O) groups is 1. The maximum absolute atomic E-state index is 10.5. The van der Waals surface area contributed by atoms with Gasteiger partial charge in [0.05, 0.1) is 5.69 Å². The third-order valence-corrected chi connectivity index (χ3v) is 1.43. The lowest BCUT2D eigenvalue weighted by Gasteiger charge is -1.91. The molecule has 4 nitrogen and oxygen atoms in total. The molecule has 4 heteroatoms. The van der Waals surface area contributed by atoms with Crippen LogP contribution in [-0.4, -0.2) is 21.2 Å². The molecule has 60 valence electrons. The first-order valence-electron chi connectivity index (χ1n) is 3.64. The Morgan fingerprint density at radius 1 is 1.73 bits per heavy atom. The second-order valence-corrected chi connectivity index (χ2v) is 2.52. The molecule has 0 spiro atoms. The third kappa shape index (κ3) is 2.93. The normalized spacial score (nSPS) is 9.91. The van der Waals surface area contributed by atoms with Crippen molar-refractivity contribution in [3.8, 4) is 0 Å². The predicted molar refractivity (Wildman–Crippen MR) is 40.0 cm³/mol. The number of Topliss-reactive ketones (excluding diaryl/α,β-unsaturated/α-hetero) is 1. The molecule has 0 atom stereocenters. The molecule has 0 amide bonds. The van der Waals surface area contributed by atoms with Crippen LogP contribution < -0.4 is 0 Å². The molecule has 1 rings (SSSR count). The molecule has 0 bridgehead atoms. The zero-order valence-electron chi connectivity index (χ0n) is 6.50. The molecule has 1 heterocycles. The zero-order valence-corrected chi connectivity index (χ0v) is 6.50. The fourth-order valence-corrected chi connectivity index (χ4v) is 0.866. The van der Waals surface area contributed by atoms with Crippen molar-refractivity contribution >= 4 is 5.78 Å². The standard InChI is InChI=1S/C7H11N3O/c1-6(11)3-2-4-7-5-8-10-9-7/h5H,2-4H2,1H3,(H,8,9,10). The van der Waals surface area contributed by atoms with Gasteiger partial charge in [-0.3, -0.25) is 5.10 Å². The average molecular weight is 153 g/mol. The van der Waals surface area contributed by atoms with Crippen LogP contribution in [0.2, 0.25) is 0 Å². The summed E-state index contributed by atoms with van der Waals surface area (Å²) in [5.41, 5.74) is 0.922. The highest BCUT2D eigenvalue weighted by Crippen LogP contribution is 1.98. The lowest BCUT2D eigenvalue weighted by atomic mass is 10.1. The topological polar surface area (TPSA) is 58.6 Å². The van der Waals surface area contributed by atoms with Crippen LogP contribution >= 0.6 is 0 Å². The quantitative estimate of drug-likeness (QED) is 0.693. The van der Waals surface area contributed by atoms with Crippen LogP contribution in [0.4, 0.5) is 0 Å². The average Bonchev–Trinajstić information content (AvgIpc) is 2.39. The van der Waals surface area contributed by atoms with Gasteiger partial charge in [-0.1, -0.05) is 5.21 Å². The summed E-state index contributed by atoms with van der Waals surface area (Å²) in [7, 11) is 0. The monoisotopic (exact) mass is 153 g/mol. The maximum atomic E-state index is 10.5. The lowest BCUT2D eigenvalue weighted by molar-refractivity contribution is -0.117. The van der Waals surface area contributed by atoms with E-state index in [0.717, 1.165) is 18.5 Å². The van der Waals surface area contributed by atoms with E-state index in [1.807, 2.05) is 0 Å². The number of aromatic nitrogens is 3. The second kappa shape index (κ2) is 3.85. The first-order valence-corrected chi connectivity index (χ1v) is 3.64. The molecule has 1 aromatic rings. The largest absolute Gasteiger partial charge is 0.300 e. The van der Waals surface area contributed by atoms with Gasteiger partial charge in [0, 0.05) is 12.6 Å². The number of carbonyl (C=O) groups excluding carboxylic acids is 1. The number of nitrogens with one attached hydrogen (secondary N) is 1. The Morgan fingerprint density at radius 3 is 3.09 bits per heavy atom. The van der Waals surface area contributed by atoms with Crippen molar-refractivity contribution in [1.82, 2.24) is 15.4 Å². The summed E-state index contributed by atoms with van der Waals surface area (Å²) in [5.74, 6) is 0.230. The van der Waals surface area contributed by atoms with E-state index in [9.17, 15) is 4.79 Å². The van der Waals surface area contributed by atoms with Crippen LogP contribution in [0, 0.1) is 0 Å². The summed E-state index contributed by atoms with van der Waals surface area (Å²) >= 11 is 0. The summed E-state index contributed by atoms with van der Waals surface area (Å²) in [5, 5.41) is 9.98. The van der Waals surface area contributed by atoms with E-state index < -0.39 is 0 Å². The smallest absolute Gasteiger partial charge is 0.129 e. The van der Waals surface area contributed by atoms with Crippen molar-refractivity contribution in [2.24, 2.45) is 0 Å². The number of H-pyrrole nitrogens is 1. The highest BCUT2D eigenvalue weighted by Gasteiger charge is 1.97. The molecule has 0 aliphatic heterocycles.